The molecule has 0 spiro atoms. The summed E-state index contributed by atoms with van der Waals surface area (Å²) in [7, 11) is 0. The number of hydrogen-bond acceptors (Lipinski definition) is 5. The van der Waals surface area contributed by atoms with E-state index in [1.807, 2.05) is 0 Å². The maximum atomic E-state index is 13.0. The summed E-state index contributed by atoms with van der Waals surface area (Å²) in [6.07, 6.45) is -4.69. The molecule has 1 unspecified atom stereocenters. The van der Waals surface area contributed by atoms with E-state index in [4.69, 9.17) is 5.73 Å². The van der Waals surface area contributed by atoms with E-state index in [0.29, 0.717) is 11.1 Å². The number of nitrogens with one attached hydrogen (secondary N) is 2. The lowest BCUT2D eigenvalue weighted by atomic mass is 9.97. The monoisotopic (exact) mass is 456 g/mol. The smallest absolute Gasteiger partial charge is 0.383 e. The normalized spacial score (nSPS) is 13.3. The second-order valence-corrected chi connectivity index (χ2v) is 7.33. The van der Waals surface area contributed by atoms with Crippen LogP contribution in [-0.2, 0) is 20.7 Å². The van der Waals surface area contributed by atoms with Crippen LogP contribution in [0.2, 0.25) is 0 Å². The number of halogens is 4. The summed E-state index contributed by atoms with van der Waals surface area (Å²) in [5, 5.41) is 4.65. The molecule has 1 aromatic heterocycles. The van der Waals surface area contributed by atoms with E-state index in [0.717, 1.165) is 0 Å². The van der Waals surface area contributed by atoms with Crippen LogP contribution in [0.3, 0.4) is 0 Å². The molecule has 2 rings (SSSR count). The number of carbonyl (C=O) groups excluding carboxylic acids is 2. The van der Waals surface area contributed by atoms with E-state index in [-0.39, 0.29) is 30.9 Å². The van der Waals surface area contributed by atoms with Crippen LogP contribution in [0.25, 0.3) is 0 Å². The van der Waals surface area contributed by atoms with Crippen LogP contribution in [0.5, 0.6) is 0 Å². The zero-order valence-corrected chi connectivity index (χ0v) is 17.5. The molecule has 0 fully saturated rings. The van der Waals surface area contributed by atoms with Crippen molar-refractivity contribution in [1.82, 2.24) is 10.3 Å². The average Bonchev–Trinajstić information content (AvgIpc) is 2.72. The van der Waals surface area contributed by atoms with Crippen molar-refractivity contribution in [3.63, 3.8) is 0 Å². The van der Waals surface area contributed by atoms with E-state index in [9.17, 15) is 27.2 Å². The Hall–Kier alpha value is -3.21. The molecule has 0 bridgehead atoms. The standard InChI is InChI=1S/C21H24F4N4O3/c1-12-9-16(11-27-18(12)26)29-20(31)19(30)28-10-13(2)17(32-21(23,24)25)8-5-14-3-6-15(22)7-4-14/h3-4,6-7,9,11,13,17H,5,8,10H2,1-2H3,(H2,26,27)(H,28,30)(H,29,31)/t13-,17?/m1/s1. The lowest BCUT2D eigenvalue weighted by molar-refractivity contribution is -0.348. The molecule has 0 aliphatic heterocycles. The summed E-state index contributed by atoms with van der Waals surface area (Å²) in [6, 6.07) is 6.92. The predicted octanol–water partition coefficient (Wildman–Crippen LogP) is 3.34. The number of nitrogen functional groups attached to an aromatic ring is 1. The van der Waals surface area contributed by atoms with Gasteiger partial charge in [-0.2, -0.15) is 0 Å². The van der Waals surface area contributed by atoms with Gasteiger partial charge in [0.1, 0.15) is 11.6 Å². The summed E-state index contributed by atoms with van der Waals surface area (Å²) >= 11 is 0. The van der Waals surface area contributed by atoms with E-state index in [1.165, 1.54) is 43.5 Å². The summed E-state index contributed by atoms with van der Waals surface area (Å²) in [5.41, 5.74) is 7.09. The number of nitrogens with zero attached hydrogens (tertiary/aromatic N) is 1. The summed E-state index contributed by atoms with van der Waals surface area (Å²) < 4.78 is 55.7. The number of benzene rings is 1. The number of alkyl halides is 3. The highest BCUT2D eigenvalue weighted by Crippen LogP contribution is 2.25. The van der Waals surface area contributed by atoms with Gasteiger partial charge in [-0.3, -0.25) is 14.3 Å². The van der Waals surface area contributed by atoms with Crippen LogP contribution in [0.1, 0.15) is 24.5 Å². The third-order valence-electron chi connectivity index (χ3n) is 4.72. The second-order valence-electron chi connectivity index (χ2n) is 7.33. The highest BCUT2D eigenvalue weighted by atomic mass is 19.4. The van der Waals surface area contributed by atoms with Gasteiger partial charge in [0.15, 0.2) is 0 Å². The molecular weight excluding hydrogens is 432 g/mol. The molecule has 0 saturated carbocycles. The molecule has 0 radical (unpaired) electrons. The predicted molar refractivity (Wildman–Crippen MR) is 110 cm³/mol. The Balaban J connectivity index is 1.92. The molecule has 11 heteroatoms. The Kier molecular flexibility index (Phi) is 8.53. The first-order valence-electron chi connectivity index (χ1n) is 9.75. The van der Waals surface area contributed by atoms with Gasteiger partial charge in [-0.05, 0) is 49.1 Å². The number of carbonyl (C=O) groups is 2. The molecule has 0 aliphatic carbocycles. The Labute approximate surface area is 182 Å². The maximum absolute atomic E-state index is 13.0. The van der Waals surface area contributed by atoms with Gasteiger partial charge in [-0.15, -0.1) is 13.2 Å². The first kappa shape index (κ1) is 25.1. The molecule has 0 saturated heterocycles. The number of aromatic nitrogens is 1. The zero-order valence-electron chi connectivity index (χ0n) is 17.5. The minimum atomic E-state index is -4.87. The third kappa shape index (κ3) is 8.14. The van der Waals surface area contributed by atoms with E-state index in [1.54, 1.807) is 6.92 Å². The van der Waals surface area contributed by atoms with Crippen LogP contribution < -0.4 is 16.4 Å². The van der Waals surface area contributed by atoms with E-state index >= 15 is 0 Å². The quantitative estimate of drug-likeness (QED) is 0.417. The van der Waals surface area contributed by atoms with Crippen LogP contribution in [0.4, 0.5) is 29.1 Å². The molecule has 1 aromatic carbocycles. The lowest BCUT2D eigenvalue weighted by Gasteiger charge is -2.25. The fourth-order valence-electron chi connectivity index (χ4n) is 2.90. The van der Waals surface area contributed by atoms with Crippen LogP contribution >= 0.6 is 0 Å². The number of nitrogens with two attached hydrogens (primary N) is 1. The second kappa shape index (κ2) is 10.9. The minimum Gasteiger partial charge on any atom is -0.383 e. The number of pyridine rings is 1. The van der Waals surface area contributed by atoms with Gasteiger partial charge in [0.05, 0.1) is 18.0 Å². The largest absolute Gasteiger partial charge is 0.522 e. The highest BCUT2D eigenvalue weighted by molar-refractivity contribution is 6.39. The van der Waals surface area contributed by atoms with Gasteiger partial charge in [0.25, 0.3) is 0 Å². The first-order valence-corrected chi connectivity index (χ1v) is 9.75. The van der Waals surface area contributed by atoms with Gasteiger partial charge in [-0.25, -0.2) is 9.37 Å². The fourth-order valence-corrected chi connectivity index (χ4v) is 2.90. The van der Waals surface area contributed by atoms with Crippen LogP contribution in [-0.4, -0.2) is 35.8 Å². The van der Waals surface area contributed by atoms with Crippen molar-refractivity contribution in [1.29, 1.82) is 0 Å². The Morgan fingerprint density at radius 3 is 2.44 bits per heavy atom. The highest BCUT2D eigenvalue weighted by Gasteiger charge is 2.35. The number of anilines is 2. The number of aryl methyl sites for hydroxylation is 2. The Bertz CT molecular complexity index is 936. The third-order valence-corrected chi connectivity index (χ3v) is 4.72. The van der Waals surface area contributed by atoms with Crippen molar-refractivity contribution in [2.24, 2.45) is 5.92 Å². The number of amides is 2. The number of rotatable bonds is 8. The Morgan fingerprint density at radius 2 is 1.84 bits per heavy atom. The van der Waals surface area contributed by atoms with E-state index in [2.05, 4.69) is 20.4 Å². The number of hydrogen-bond donors (Lipinski definition) is 3. The molecule has 2 amide bonds. The molecule has 2 atom stereocenters. The molecule has 2 aromatic rings. The number of ether oxygens (including phenoxy) is 1. The van der Waals surface area contributed by atoms with Crippen molar-refractivity contribution >= 4 is 23.3 Å². The van der Waals surface area contributed by atoms with E-state index < -0.39 is 36.0 Å². The first-order chi connectivity index (χ1) is 14.9. The van der Waals surface area contributed by atoms with Crippen LogP contribution in [0, 0.1) is 18.7 Å². The van der Waals surface area contributed by atoms with Crippen molar-refractivity contribution in [3.8, 4) is 0 Å². The molecule has 4 N–H and O–H groups in total. The average molecular weight is 456 g/mol. The summed E-state index contributed by atoms with van der Waals surface area (Å²) in [4.78, 5) is 28.0. The molecule has 1 heterocycles. The van der Waals surface area contributed by atoms with Gasteiger partial charge < -0.3 is 16.4 Å². The topological polar surface area (TPSA) is 106 Å². The van der Waals surface area contributed by atoms with Crippen LogP contribution in [0.15, 0.2) is 36.5 Å². The van der Waals surface area contributed by atoms with Gasteiger partial charge in [-0.1, -0.05) is 19.1 Å². The maximum Gasteiger partial charge on any atom is 0.522 e. The van der Waals surface area contributed by atoms with Crippen molar-refractivity contribution in [2.75, 3.05) is 17.6 Å². The summed E-state index contributed by atoms with van der Waals surface area (Å²) in [6.45, 7) is 2.91. The SMILES string of the molecule is Cc1cc(NC(=O)C(=O)NC[C@@H](C)C(CCc2ccc(F)cc2)OC(F)(F)F)cnc1N. The fraction of sp³-hybridized carbons (Fsp3) is 0.381. The van der Waals surface area contributed by atoms with Gasteiger partial charge in [0.2, 0.25) is 0 Å². The van der Waals surface area contributed by atoms with Gasteiger partial charge >= 0.3 is 18.2 Å². The summed E-state index contributed by atoms with van der Waals surface area (Å²) in [5.74, 6) is -2.96. The Morgan fingerprint density at radius 1 is 1.19 bits per heavy atom. The molecule has 32 heavy (non-hydrogen) atoms. The molecule has 174 valence electrons. The molecule has 7 nitrogen and oxygen atoms in total. The van der Waals surface area contributed by atoms with Crippen molar-refractivity contribution in [3.05, 3.63) is 53.5 Å². The molecular formula is C21H24F4N4O3. The minimum absolute atomic E-state index is 0.0231. The molecule has 0 aliphatic rings. The van der Waals surface area contributed by atoms with Crippen molar-refractivity contribution < 1.29 is 31.9 Å². The van der Waals surface area contributed by atoms with Crippen molar-refractivity contribution in [2.45, 2.75) is 39.2 Å². The zero-order chi connectivity index (χ0) is 23.9. The van der Waals surface area contributed by atoms with Gasteiger partial charge in [0, 0.05) is 12.5 Å². The lowest BCUT2D eigenvalue weighted by Crippen LogP contribution is -2.41.